The Balaban J connectivity index is 1.57. The molecule has 0 unspecified atom stereocenters. The van der Waals surface area contributed by atoms with Gasteiger partial charge in [-0.1, -0.05) is 0 Å². The summed E-state index contributed by atoms with van der Waals surface area (Å²) in [5.74, 6) is 1.17. The highest BCUT2D eigenvalue weighted by Crippen LogP contribution is 2.28. The molecule has 0 radical (unpaired) electrons. The summed E-state index contributed by atoms with van der Waals surface area (Å²) in [4.78, 5) is 19.8. The van der Waals surface area contributed by atoms with Gasteiger partial charge in [-0.25, -0.2) is 9.97 Å². The fraction of sp³-hybridized carbons (Fsp3) is 0.500. The third kappa shape index (κ3) is 2.49. The fourth-order valence-corrected chi connectivity index (χ4v) is 1.96. The average molecular weight is 260 g/mol. The molecule has 1 fully saturated rings. The van der Waals surface area contributed by atoms with E-state index in [1.54, 1.807) is 10.9 Å². The van der Waals surface area contributed by atoms with Crippen molar-refractivity contribution in [3.8, 4) is 0 Å². The van der Waals surface area contributed by atoms with Gasteiger partial charge in [-0.2, -0.15) is 5.10 Å². The van der Waals surface area contributed by atoms with E-state index < -0.39 is 0 Å². The number of carbonyl (C=O) groups is 1. The lowest BCUT2D eigenvalue weighted by Crippen LogP contribution is -2.29. The highest BCUT2D eigenvalue weighted by molar-refractivity contribution is 5.86. The molecule has 1 aliphatic rings. The third-order valence-electron chi connectivity index (χ3n) is 3.19. The first kappa shape index (κ1) is 11.9. The molecule has 0 spiro atoms. The van der Waals surface area contributed by atoms with Crippen molar-refractivity contribution in [1.29, 1.82) is 0 Å². The van der Waals surface area contributed by atoms with Gasteiger partial charge in [0.2, 0.25) is 5.91 Å². The number of nitrogens with one attached hydrogen (secondary N) is 2. The molecular weight excluding hydrogens is 244 g/mol. The molecule has 19 heavy (non-hydrogen) atoms. The van der Waals surface area contributed by atoms with Crippen LogP contribution < -0.4 is 10.6 Å². The molecule has 1 saturated carbocycles. The summed E-state index contributed by atoms with van der Waals surface area (Å²) in [7, 11) is 1.84. The van der Waals surface area contributed by atoms with Gasteiger partial charge in [-0.05, 0) is 12.8 Å². The smallest absolute Gasteiger partial charge is 0.223 e. The molecule has 0 aromatic carbocycles. The van der Waals surface area contributed by atoms with Crippen LogP contribution in [0.15, 0.2) is 12.5 Å². The van der Waals surface area contributed by atoms with Crippen molar-refractivity contribution in [2.45, 2.75) is 12.8 Å². The molecule has 1 amide bonds. The molecule has 2 heterocycles. The van der Waals surface area contributed by atoms with E-state index in [-0.39, 0.29) is 11.8 Å². The molecule has 0 aliphatic heterocycles. The third-order valence-corrected chi connectivity index (χ3v) is 3.19. The van der Waals surface area contributed by atoms with Crippen LogP contribution in [0.5, 0.6) is 0 Å². The summed E-state index contributed by atoms with van der Waals surface area (Å²) >= 11 is 0. The van der Waals surface area contributed by atoms with Gasteiger partial charge in [0.1, 0.15) is 12.1 Å². The van der Waals surface area contributed by atoms with E-state index in [9.17, 15) is 4.79 Å². The second kappa shape index (κ2) is 4.83. The number of hydrogen-bond acceptors (Lipinski definition) is 5. The van der Waals surface area contributed by atoms with Crippen molar-refractivity contribution >= 4 is 22.8 Å². The number of fused-ring (bicyclic) bond motifs is 1. The Morgan fingerprint density at radius 2 is 2.26 bits per heavy atom. The lowest BCUT2D eigenvalue weighted by Gasteiger charge is -2.07. The molecular formula is C12H16N6O. The Morgan fingerprint density at radius 3 is 3.05 bits per heavy atom. The van der Waals surface area contributed by atoms with E-state index in [1.165, 1.54) is 6.33 Å². The predicted octanol–water partition coefficient (Wildman–Crippen LogP) is 0.301. The van der Waals surface area contributed by atoms with Gasteiger partial charge >= 0.3 is 0 Å². The van der Waals surface area contributed by atoms with E-state index in [2.05, 4.69) is 25.7 Å². The Bertz CT molecular complexity index is 603. The number of hydrogen-bond donors (Lipinski definition) is 2. The first-order chi connectivity index (χ1) is 9.25. The quantitative estimate of drug-likeness (QED) is 0.755. The zero-order valence-corrected chi connectivity index (χ0v) is 10.8. The first-order valence-electron chi connectivity index (χ1n) is 6.40. The van der Waals surface area contributed by atoms with Crippen molar-refractivity contribution in [2.24, 2.45) is 13.0 Å². The minimum Gasteiger partial charge on any atom is -0.368 e. The normalized spacial score (nSPS) is 14.6. The second-order valence-electron chi connectivity index (χ2n) is 4.72. The summed E-state index contributed by atoms with van der Waals surface area (Å²) in [5.41, 5.74) is 0.791. The zero-order chi connectivity index (χ0) is 13.2. The SMILES string of the molecule is Cn1ncc2c(NCCNC(=O)C3CC3)ncnc21. The van der Waals surface area contributed by atoms with Crippen LogP contribution in [0.25, 0.3) is 11.0 Å². The van der Waals surface area contributed by atoms with Gasteiger partial charge in [0.05, 0.1) is 11.6 Å². The molecule has 3 rings (SSSR count). The number of aromatic nitrogens is 4. The molecule has 7 heteroatoms. The maximum absolute atomic E-state index is 11.5. The van der Waals surface area contributed by atoms with Gasteiger partial charge in [0, 0.05) is 26.1 Å². The van der Waals surface area contributed by atoms with Crippen LogP contribution >= 0.6 is 0 Å². The minimum atomic E-state index is 0.163. The largest absolute Gasteiger partial charge is 0.368 e. The van der Waals surface area contributed by atoms with Gasteiger partial charge in [0.15, 0.2) is 5.65 Å². The molecule has 0 bridgehead atoms. The van der Waals surface area contributed by atoms with Crippen molar-refractivity contribution in [3.63, 3.8) is 0 Å². The molecule has 100 valence electrons. The van der Waals surface area contributed by atoms with E-state index in [4.69, 9.17) is 0 Å². The molecule has 1 aliphatic carbocycles. The Morgan fingerprint density at radius 1 is 1.42 bits per heavy atom. The van der Waals surface area contributed by atoms with Crippen molar-refractivity contribution in [1.82, 2.24) is 25.1 Å². The number of nitrogens with zero attached hydrogens (tertiary/aromatic N) is 4. The van der Waals surface area contributed by atoms with Gasteiger partial charge in [-0.3, -0.25) is 9.48 Å². The maximum Gasteiger partial charge on any atom is 0.223 e. The number of rotatable bonds is 5. The van der Waals surface area contributed by atoms with Crippen LogP contribution in [-0.4, -0.2) is 38.7 Å². The second-order valence-corrected chi connectivity index (χ2v) is 4.72. The van der Waals surface area contributed by atoms with Crippen LogP contribution in [-0.2, 0) is 11.8 Å². The van der Waals surface area contributed by atoms with E-state index in [0.29, 0.717) is 13.1 Å². The highest BCUT2D eigenvalue weighted by atomic mass is 16.2. The molecule has 2 N–H and O–H groups in total. The van der Waals surface area contributed by atoms with E-state index in [1.807, 2.05) is 7.05 Å². The zero-order valence-electron chi connectivity index (χ0n) is 10.8. The monoisotopic (exact) mass is 260 g/mol. The lowest BCUT2D eigenvalue weighted by atomic mass is 10.4. The summed E-state index contributed by atoms with van der Waals surface area (Å²) in [6, 6.07) is 0. The predicted molar refractivity (Wildman–Crippen MR) is 70.5 cm³/mol. The molecule has 0 atom stereocenters. The van der Waals surface area contributed by atoms with Gasteiger partial charge in [-0.15, -0.1) is 0 Å². The van der Waals surface area contributed by atoms with E-state index >= 15 is 0 Å². The Hall–Kier alpha value is -2.18. The summed E-state index contributed by atoms with van der Waals surface area (Å²) in [6.07, 6.45) is 5.30. The Kier molecular flexibility index (Phi) is 3.02. The number of anilines is 1. The van der Waals surface area contributed by atoms with Crippen LogP contribution in [0.4, 0.5) is 5.82 Å². The summed E-state index contributed by atoms with van der Waals surface area (Å²) < 4.78 is 1.71. The van der Waals surface area contributed by atoms with Crippen molar-refractivity contribution < 1.29 is 4.79 Å². The number of carbonyl (C=O) groups excluding carboxylic acids is 1. The summed E-state index contributed by atoms with van der Waals surface area (Å²) in [5, 5.41) is 11.1. The van der Waals surface area contributed by atoms with Gasteiger partial charge in [0.25, 0.3) is 0 Å². The van der Waals surface area contributed by atoms with Crippen LogP contribution in [0.2, 0.25) is 0 Å². The highest BCUT2D eigenvalue weighted by Gasteiger charge is 2.28. The summed E-state index contributed by atoms with van der Waals surface area (Å²) in [6.45, 7) is 1.24. The van der Waals surface area contributed by atoms with Crippen molar-refractivity contribution in [2.75, 3.05) is 18.4 Å². The minimum absolute atomic E-state index is 0.163. The standard InChI is InChI=1S/C12H16N6O/c1-18-11-9(6-17-18)10(15-7-16-11)13-4-5-14-12(19)8-2-3-8/h6-8H,2-5H2,1H3,(H,14,19)(H,13,15,16). The van der Waals surface area contributed by atoms with E-state index in [0.717, 1.165) is 29.7 Å². The average Bonchev–Trinajstić information content (AvgIpc) is 3.20. The van der Waals surface area contributed by atoms with Crippen LogP contribution in [0, 0.1) is 5.92 Å². The molecule has 7 nitrogen and oxygen atoms in total. The lowest BCUT2D eigenvalue weighted by molar-refractivity contribution is -0.122. The topological polar surface area (TPSA) is 84.7 Å². The Labute approximate surface area is 110 Å². The van der Waals surface area contributed by atoms with Crippen LogP contribution in [0.3, 0.4) is 0 Å². The number of amides is 1. The van der Waals surface area contributed by atoms with Crippen LogP contribution in [0.1, 0.15) is 12.8 Å². The fourth-order valence-electron chi connectivity index (χ4n) is 1.96. The maximum atomic E-state index is 11.5. The van der Waals surface area contributed by atoms with Crippen molar-refractivity contribution in [3.05, 3.63) is 12.5 Å². The number of aryl methyl sites for hydroxylation is 1. The van der Waals surface area contributed by atoms with Gasteiger partial charge < -0.3 is 10.6 Å². The molecule has 2 aromatic rings. The molecule has 0 saturated heterocycles. The molecule has 2 aromatic heterocycles. The first-order valence-corrected chi connectivity index (χ1v) is 6.40.